The van der Waals surface area contributed by atoms with Crippen molar-refractivity contribution < 1.29 is 13.2 Å². The molecule has 6 heteroatoms. The van der Waals surface area contributed by atoms with Gasteiger partial charge in [-0.05, 0) is 29.3 Å². The van der Waals surface area contributed by atoms with E-state index in [-0.39, 0.29) is 4.90 Å². The van der Waals surface area contributed by atoms with E-state index in [9.17, 15) is 8.42 Å². The number of methoxy groups -OCH3 is 1. The summed E-state index contributed by atoms with van der Waals surface area (Å²) in [6.07, 6.45) is 0. The second-order valence-corrected chi connectivity index (χ2v) is 6.86. The minimum atomic E-state index is -3.64. The van der Waals surface area contributed by atoms with Crippen LogP contribution in [0.4, 0.5) is 5.69 Å². The van der Waals surface area contributed by atoms with E-state index in [2.05, 4.69) is 0 Å². The number of anilines is 1. The van der Waals surface area contributed by atoms with E-state index in [1.54, 1.807) is 12.1 Å². The van der Waals surface area contributed by atoms with Crippen LogP contribution < -0.4 is 10.5 Å². The first kappa shape index (κ1) is 13.9. The zero-order valence-electron chi connectivity index (χ0n) is 11.6. The number of benzene rings is 2. The first-order valence-electron chi connectivity index (χ1n) is 6.53. The highest BCUT2D eigenvalue weighted by Crippen LogP contribution is 2.33. The molecule has 110 valence electrons. The molecule has 21 heavy (non-hydrogen) atoms. The molecule has 0 fully saturated rings. The molecule has 0 radical (unpaired) electrons. The Balaban J connectivity index is 2.02. The number of sulfonamides is 1. The van der Waals surface area contributed by atoms with Crippen LogP contribution in [0, 0.1) is 0 Å². The summed E-state index contributed by atoms with van der Waals surface area (Å²) in [4.78, 5) is 0.109. The predicted octanol–water partition coefficient (Wildman–Crippen LogP) is 1.98. The smallest absolute Gasteiger partial charge is 0.247 e. The Morgan fingerprint density at radius 1 is 1.10 bits per heavy atom. The summed E-state index contributed by atoms with van der Waals surface area (Å²) in [5.41, 5.74) is 8.18. The number of nitrogens with zero attached hydrogens (tertiary/aromatic N) is 1. The fourth-order valence-electron chi connectivity index (χ4n) is 2.51. The third kappa shape index (κ3) is 2.36. The number of ether oxygens (including phenoxy) is 1. The fourth-order valence-corrected chi connectivity index (χ4v) is 4.09. The van der Waals surface area contributed by atoms with Gasteiger partial charge in [0, 0.05) is 18.8 Å². The molecular formula is C15H16N2O3S. The second kappa shape index (κ2) is 5.05. The van der Waals surface area contributed by atoms with Gasteiger partial charge in [-0.2, -0.15) is 4.31 Å². The van der Waals surface area contributed by atoms with Crippen molar-refractivity contribution in [1.29, 1.82) is 0 Å². The lowest BCUT2D eigenvalue weighted by atomic mass is 10.1. The van der Waals surface area contributed by atoms with E-state index in [0.29, 0.717) is 24.5 Å². The van der Waals surface area contributed by atoms with E-state index >= 15 is 0 Å². The SMILES string of the molecule is COc1ccc(N)cc1S(=O)(=O)N1Cc2ccccc2C1. The minimum absolute atomic E-state index is 0.109. The van der Waals surface area contributed by atoms with Crippen molar-refractivity contribution in [1.82, 2.24) is 4.31 Å². The molecule has 0 aliphatic carbocycles. The van der Waals surface area contributed by atoms with Gasteiger partial charge in [0.15, 0.2) is 0 Å². The molecule has 0 amide bonds. The Kier molecular flexibility index (Phi) is 3.35. The van der Waals surface area contributed by atoms with Gasteiger partial charge in [-0.15, -0.1) is 0 Å². The largest absolute Gasteiger partial charge is 0.495 e. The Bertz CT molecular complexity index is 762. The molecule has 0 saturated carbocycles. The summed E-state index contributed by atoms with van der Waals surface area (Å²) in [5.74, 6) is 0.306. The molecule has 0 aromatic heterocycles. The lowest BCUT2D eigenvalue weighted by Crippen LogP contribution is -2.26. The third-order valence-corrected chi connectivity index (χ3v) is 5.43. The monoisotopic (exact) mass is 304 g/mol. The van der Waals surface area contributed by atoms with Gasteiger partial charge in [-0.3, -0.25) is 0 Å². The molecule has 1 heterocycles. The summed E-state index contributed by atoms with van der Waals surface area (Å²) < 4.78 is 32.3. The van der Waals surface area contributed by atoms with Crippen LogP contribution in [0.2, 0.25) is 0 Å². The summed E-state index contributed by atoms with van der Waals surface area (Å²) >= 11 is 0. The van der Waals surface area contributed by atoms with E-state index in [0.717, 1.165) is 11.1 Å². The number of hydrogen-bond donors (Lipinski definition) is 1. The highest BCUT2D eigenvalue weighted by Gasteiger charge is 2.32. The third-order valence-electron chi connectivity index (χ3n) is 3.62. The molecule has 3 rings (SSSR count). The van der Waals surface area contributed by atoms with Gasteiger partial charge in [0.05, 0.1) is 7.11 Å². The molecule has 5 nitrogen and oxygen atoms in total. The van der Waals surface area contributed by atoms with Crippen molar-refractivity contribution in [2.75, 3.05) is 12.8 Å². The molecule has 0 bridgehead atoms. The van der Waals surface area contributed by atoms with E-state index in [1.165, 1.54) is 17.5 Å². The highest BCUT2D eigenvalue weighted by atomic mass is 32.2. The van der Waals surface area contributed by atoms with Crippen LogP contribution in [0.1, 0.15) is 11.1 Å². The maximum Gasteiger partial charge on any atom is 0.247 e. The first-order chi connectivity index (χ1) is 10.0. The van der Waals surface area contributed by atoms with Crippen molar-refractivity contribution >= 4 is 15.7 Å². The molecule has 0 unspecified atom stereocenters. The molecule has 0 atom stereocenters. The van der Waals surface area contributed by atoms with Crippen LogP contribution in [-0.2, 0) is 23.1 Å². The van der Waals surface area contributed by atoms with E-state index in [4.69, 9.17) is 10.5 Å². The molecule has 0 spiro atoms. The van der Waals surface area contributed by atoms with Crippen molar-refractivity contribution in [3.63, 3.8) is 0 Å². The first-order valence-corrected chi connectivity index (χ1v) is 7.97. The zero-order valence-corrected chi connectivity index (χ0v) is 12.4. The second-order valence-electron chi connectivity index (χ2n) is 4.95. The van der Waals surface area contributed by atoms with Crippen LogP contribution in [0.25, 0.3) is 0 Å². The average Bonchev–Trinajstić information content (AvgIpc) is 2.92. The van der Waals surface area contributed by atoms with Crippen LogP contribution in [0.5, 0.6) is 5.75 Å². The lowest BCUT2D eigenvalue weighted by Gasteiger charge is -2.18. The topological polar surface area (TPSA) is 72.6 Å². The van der Waals surface area contributed by atoms with Gasteiger partial charge in [-0.1, -0.05) is 24.3 Å². The van der Waals surface area contributed by atoms with Gasteiger partial charge < -0.3 is 10.5 Å². The van der Waals surface area contributed by atoms with Gasteiger partial charge in [0.1, 0.15) is 10.6 Å². The average molecular weight is 304 g/mol. The zero-order chi connectivity index (χ0) is 15.0. The van der Waals surface area contributed by atoms with Gasteiger partial charge >= 0.3 is 0 Å². The Morgan fingerprint density at radius 2 is 1.71 bits per heavy atom. The highest BCUT2D eigenvalue weighted by molar-refractivity contribution is 7.89. The van der Waals surface area contributed by atoms with Gasteiger partial charge in [0.2, 0.25) is 10.0 Å². The standard InChI is InChI=1S/C15H16N2O3S/c1-20-14-7-6-13(16)8-15(14)21(18,19)17-9-11-4-2-3-5-12(11)10-17/h2-8H,9-10,16H2,1H3. The Morgan fingerprint density at radius 3 is 2.29 bits per heavy atom. The predicted molar refractivity (Wildman–Crippen MR) is 80.3 cm³/mol. The van der Waals surface area contributed by atoms with Crippen molar-refractivity contribution in [3.05, 3.63) is 53.6 Å². The Labute approximate surface area is 124 Å². The normalized spacial score (nSPS) is 14.9. The quantitative estimate of drug-likeness (QED) is 0.880. The number of nitrogen functional groups attached to an aromatic ring is 1. The molecule has 2 aromatic rings. The molecule has 0 saturated heterocycles. The molecular weight excluding hydrogens is 288 g/mol. The van der Waals surface area contributed by atoms with Gasteiger partial charge in [-0.25, -0.2) is 8.42 Å². The maximum atomic E-state index is 12.8. The summed E-state index contributed by atoms with van der Waals surface area (Å²) in [6, 6.07) is 12.4. The summed E-state index contributed by atoms with van der Waals surface area (Å²) in [7, 11) is -2.20. The summed E-state index contributed by atoms with van der Waals surface area (Å²) in [5, 5.41) is 0. The lowest BCUT2D eigenvalue weighted by molar-refractivity contribution is 0.393. The van der Waals surface area contributed by atoms with Crippen LogP contribution >= 0.6 is 0 Å². The van der Waals surface area contributed by atoms with Crippen molar-refractivity contribution in [3.8, 4) is 5.75 Å². The van der Waals surface area contributed by atoms with Crippen molar-refractivity contribution in [2.45, 2.75) is 18.0 Å². The molecule has 2 aromatic carbocycles. The van der Waals surface area contributed by atoms with Crippen molar-refractivity contribution in [2.24, 2.45) is 0 Å². The number of hydrogen-bond acceptors (Lipinski definition) is 4. The number of fused-ring (bicyclic) bond motifs is 1. The minimum Gasteiger partial charge on any atom is -0.495 e. The fraction of sp³-hybridized carbons (Fsp3) is 0.200. The molecule has 1 aliphatic heterocycles. The van der Waals surface area contributed by atoms with Crippen LogP contribution in [0.15, 0.2) is 47.4 Å². The maximum absolute atomic E-state index is 12.8. The number of nitrogens with two attached hydrogens (primary N) is 1. The number of rotatable bonds is 3. The van der Waals surface area contributed by atoms with E-state index in [1.807, 2.05) is 24.3 Å². The van der Waals surface area contributed by atoms with Crippen LogP contribution in [0.3, 0.4) is 0 Å². The van der Waals surface area contributed by atoms with E-state index < -0.39 is 10.0 Å². The molecule has 2 N–H and O–H groups in total. The van der Waals surface area contributed by atoms with Gasteiger partial charge in [0.25, 0.3) is 0 Å². The van der Waals surface area contributed by atoms with Crippen LogP contribution in [-0.4, -0.2) is 19.8 Å². The summed E-state index contributed by atoms with van der Waals surface area (Å²) in [6.45, 7) is 0.743. The molecule has 1 aliphatic rings. The Hall–Kier alpha value is -2.05.